The first kappa shape index (κ1) is 27.3. The number of carbonyl (C=O) groups is 2. The Morgan fingerprint density at radius 2 is 1.68 bits per heavy atom. The number of benzene rings is 3. The summed E-state index contributed by atoms with van der Waals surface area (Å²) >= 11 is 0. The van der Waals surface area contributed by atoms with Crippen LogP contribution in [0.2, 0.25) is 0 Å². The fraction of sp³-hybridized carbons (Fsp3) is 0.286. The van der Waals surface area contributed by atoms with Gasteiger partial charge in [0.1, 0.15) is 11.0 Å². The summed E-state index contributed by atoms with van der Waals surface area (Å²) in [5.74, 6) is -2.91. The number of hydrogen-bond acceptors (Lipinski definition) is 7. The molecule has 12 heteroatoms. The summed E-state index contributed by atoms with van der Waals surface area (Å²) in [5, 5.41) is 21.3. The summed E-state index contributed by atoms with van der Waals surface area (Å²) in [4.78, 5) is 24.1. The molecule has 2 fully saturated rings. The number of alkyl halides is 3. The first-order chi connectivity index (χ1) is 19.2. The molecular weight excluding hydrogens is 527 g/mol. The number of carboxylic acid groups (broad SMARTS) is 1. The molecule has 3 N–H and O–H groups in total. The van der Waals surface area contributed by atoms with Gasteiger partial charge >= 0.3 is 12.1 Å². The maximum atomic E-state index is 12.6. The van der Waals surface area contributed by atoms with Crippen molar-refractivity contribution in [3.05, 3.63) is 83.4 Å². The number of carbonyl (C=O) groups excluding carboxylic acids is 1. The van der Waals surface area contributed by atoms with E-state index in [2.05, 4.69) is 62.2 Å². The number of aromatic nitrogens is 2. The number of fused-ring (bicyclic) bond motifs is 3. The van der Waals surface area contributed by atoms with Gasteiger partial charge in [-0.15, -0.1) is 0 Å². The molecule has 0 saturated carbocycles. The van der Waals surface area contributed by atoms with Crippen molar-refractivity contribution < 1.29 is 32.5 Å². The largest absolute Gasteiger partial charge is 0.490 e. The number of likely N-dealkylation sites (tertiary alicyclic amines) is 1. The maximum absolute atomic E-state index is 12.6. The predicted molar refractivity (Wildman–Crippen MR) is 139 cm³/mol. The number of nitrogens with one attached hydrogen (secondary N) is 2. The van der Waals surface area contributed by atoms with E-state index >= 15 is 0 Å². The van der Waals surface area contributed by atoms with Gasteiger partial charge in [0.15, 0.2) is 0 Å². The molecule has 0 radical (unpaired) electrons. The second-order valence-corrected chi connectivity index (χ2v) is 9.78. The lowest BCUT2D eigenvalue weighted by Crippen LogP contribution is -2.42. The zero-order chi connectivity index (χ0) is 28.3. The Hall–Kier alpha value is -4.29. The van der Waals surface area contributed by atoms with Gasteiger partial charge in [-0.25, -0.2) is 9.42 Å². The Labute approximate surface area is 226 Å². The quantitative estimate of drug-likeness (QED) is 0.328. The molecule has 3 heterocycles. The third-order valence-electron chi connectivity index (χ3n) is 6.95. The van der Waals surface area contributed by atoms with Crippen molar-refractivity contribution in [1.82, 2.24) is 25.8 Å². The molecule has 3 aromatic carbocycles. The van der Waals surface area contributed by atoms with Gasteiger partial charge < -0.3 is 15.7 Å². The predicted octanol–water partition coefficient (Wildman–Crippen LogP) is 4.00. The van der Waals surface area contributed by atoms with Crippen molar-refractivity contribution in [3.8, 4) is 11.1 Å². The summed E-state index contributed by atoms with van der Waals surface area (Å²) in [6.45, 7) is 3.70. The molecule has 2 aliphatic heterocycles. The van der Waals surface area contributed by atoms with E-state index in [0.717, 1.165) is 30.8 Å². The standard InChI is InChI=1S/C26H25N5O2.C2HF3O2/c32-26(21-7-8-24-25(11-21)30-33-29-24)28-13-17-3-1-5-19(9-17)20-6-2-4-18(10-20)15-31-16-22-12-23(31)14-27-22;3-2(4,5)1(6)7/h1-11,22-23,27H,12-16H2,(H,28,32);(H,6,7)/t22-,23-;/m0./s1. The number of nitrogens with zero attached hydrogens (tertiary/aromatic N) is 3. The Morgan fingerprint density at radius 3 is 2.33 bits per heavy atom. The topological polar surface area (TPSA) is 121 Å². The van der Waals surface area contributed by atoms with Crippen LogP contribution in [-0.4, -0.2) is 63.5 Å². The van der Waals surface area contributed by atoms with E-state index in [1.165, 1.54) is 17.5 Å². The molecule has 2 aliphatic rings. The van der Waals surface area contributed by atoms with Crippen LogP contribution in [0.1, 0.15) is 27.9 Å². The Kier molecular flexibility index (Phi) is 7.81. The van der Waals surface area contributed by atoms with Crippen molar-refractivity contribution in [1.29, 1.82) is 0 Å². The average molecular weight is 554 g/mol. The fourth-order valence-electron chi connectivity index (χ4n) is 4.99. The molecule has 1 amide bonds. The zero-order valence-electron chi connectivity index (χ0n) is 21.2. The van der Waals surface area contributed by atoms with E-state index in [1.54, 1.807) is 18.2 Å². The monoisotopic (exact) mass is 553 g/mol. The van der Waals surface area contributed by atoms with Crippen molar-refractivity contribution in [2.45, 2.75) is 37.8 Å². The van der Waals surface area contributed by atoms with E-state index < -0.39 is 12.1 Å². The number of carboxylic acids is 1. The Morgan fingerprint density at radius 1 is 1.00 bits per heavy atom. The molecule has 0 aliphatic carbocycles. The molecule has 2 bridgehead atoms. The van der Waals surface area contributed by atoms with Crippen LogP contribution < -0.4 is 10.6 Å². The summed E-state index contributed by atoms with van der Waals surface area (Å²) < 4.78 is 36.4. The van der Waals surface area contributed by atoms with Crippen LogP contribution >= 0.6 is 0 Å². The van der Waals surface area contributed by atoms with E-state index in [-0.39, 0.29) is 5.91 Å². The summed E-state index contributed by atoms with van der Waals surface area (Å²) in [6, 6.07) is 23.6. The van der Waals surface area contributed by atoms with Crippen LogP contribution in [0.15, 0.2) is 71.4 Å². The second kappa shape index (κ2) is 11.4. The fourth-order valence-corrected chi connectivity index (χ4v) is 4.99. The average Bonchev–Trinajstić information content (AvgIpc) is 3.69. The molecule has 2 atom stereocenters. The number of hydrogen-bond donors (Lipinski definition) is 3. The Balaban J connectivity index is 0.000000411. The number of aliphatic carboxylic acids is 1. The summed E-state index contributed by atoms with van der Waals surface area (Å²) in [7, 11) is 0. The van der Waals surface area contributed by atoms with Crippen LogP contribution in [-0.2, 0) is 17.9 Å². The molecular formula is C28H26F3N5O4. The van der Waals surface area contributed by atoms with Crippen LogP contribution in [0, 0.1) is 0 Å². The maximum Gasteiger partial charge on any atom is 0.490 e. The lowest BCUT2D eigenvalue weighted by atomic mass is 10.0. The third kappa shape index (κ3) is 6.46. The van der Waals surface area contributed by atoms with Crippen molar-refractivity contribution in [3.63, 3.8) is 0 Å². The second-order valence-electron chi connectivity index (χ2n) is 9.78. The van der Waals surface area contributed by atoms with Gasteiger partial charge in [0.25, 0.3) is 5.91 Å². The molecule has 208 valence electrons. The summed E-state index contributed by atoms with van der Waals surface area (Å²) in [5.41, 5.74) is 6.50. The van der Waals surface area contributed by atoms with Gasteiger partial charge in [-0.1, -0.05) is 36.4 Å². The normalized spacial score (nSPS) is 18.4. The zero-order valence-corrected chi connectivity index (χ0v) is 21.2. The van der Waals surface area contributed by atoms with Crippen LogP contribution in [0.25, 0.3) is 22.2 Å². The molecule has 4 aromatic rings. The first-order valence-corrected chi connectivity index (χ1v) is 12.6. The molecule has 1 aromatic heterocycles. The minimum absolute atomic E-state index is 0.151. The van der Waals surface area contributed by atoms with Crippen molar-refractivity contribution >= 4 is 22.9 Å². The molecule has 2 saturated heterocycles. The highest BCUT2D eigenvalue weighted by molar-refractivity contribution is 5.97. The molecule has 9 nitrogen and oxygen atoms in total. The van der Waals surface area contributed by atoms with Crippen LogP contribution in [0.5, 0.6) is 0 Å². The van der Waals surface area contributed by atoms with E-state index in [1.807, 2.05) is 12.1 Å². The lowest BCUT2D eigenvalue weighted by molar-refractivity contribution is -0.192. The van der Waals surface area contributed by atoms with Gasteiger partial charge in [0.05, 0.1) is 0 Å². The van der Waals surface area contributed by atoms with Gasteiger partial charge in [-0.05, 0) is 69.3 Å². The molecule has 40 heavy (non-hydrogen) atoms. The van der Waals surface area contributed by atoms with Crippen molar-refractivity contribution in [2.75, 3.05) is 13.1 Å². The first-order valence-electron chi connectivity index (χ1n) is 12.6. The highest BCUT2D eigenvalue weighted by atomic mass is 19.4. The smallest absolute Gasteiger partial charge is 0.475 e. The number of halogens is 3. The molecule has 6 rings (SSSR count). The highest BCUT2D eigenvalue weighted by Crippen LogP contribution is 2.27. The molecule has 0 spiro atoms. The minimum Gasteiger partial charge on any atom is -0.475 e. The van der Waals surface area contributed by atoms with Gasteiger partial charge in [-0.3, -0.25) is 9.69 Å². The number of rotatable bonds is 6. The van der Waals surface area contributed by atoms with Crippen LogP contribution in [0.4, 0.5) is 13.2 Å². The SMILES string of the molecule is O=C(NCc1cccc(-c2cccc(CN3C[C@@H]4C[C@H]3CN4)c2)c1)c1ccc2nonc2c1.O=C(O)C(F)(F)F. The molecule has 0 unspecified atom stereocenters. The van der Waals surface area contributed by atoms with Gasteiger partial charge in [0, 0.05) is 43.8 Å². The number of amides is 1. The van der Waals surface area contributed by atoms with E-state index in [9.17, 15) is 18.0 Å². The third-order valence-corrected chi connectivity index (χ3v) is 6.95. The van der Waals surface area contributed by atoms with E-state index in [4.69, 9.17) is 14.5 Å². The Bertz CT molecular complexity index is 1520. The van der Waals surface area contributed by atoms with Gasteiger partial charge in [-0.2, -0.15) is 13.2 Å². The highest BCUT2D eigenvalue weighted by Gasteiger charge is 2.38. The minimum atomic E-state index is -5.08. The van der Waals surface area contributed by atoms with Crippen molar-refractivity contribution in [2.24, 2.45) is 0 Å². The van der Waals surface area contributed by atoms with E-state index in [0.29, 0.717) is 35.2 Å². The summed E-state index contributed by atoms with van der Waals surface area (Å²) in [6.07, 6.45) is -3.81. The van der Waals surface area contributed by atoms with Crippen LogP contribution in [0.3, 0.4) is 0 Å². The van der Waals surface area contributed by atoms with Gasteiger partial charge in [0.2, 0.25) is 0 Å². The lowest BCUT2D eigenvalue weighted by Gasteiger charge is -2.27. The number of piperazine rings is 1.